The van der Waals surface area contributed by atoms with Crippen LogP contribution in [0.1, 0.15) is 51.4 Å². The largest absolute Gasteiger partial charge is 0.463 e. The van der Waals surface area contributed by atoms with E-state index >= 15 is 0 Å². The first-order valence-corrected chi connectivity index (χ1v) is 6.80. The molecule has 1 aliphatic heterocycles. The Hall–Kier alpha value is -1.32. The maximum absolute atomic E-state index is 11.2. The summed E-state index contributed by atoms with van der Waals surface area (Å²) in [5, 5.41) is 0. The molecule has 1 rings (SSSR count). The second-order valence-electron chi connectivity index (χ2n) is 4.50. The van der Waals surface area contributed by atoms with Gasteiger partial charge in [0.25, 0.3) is 0 Å². The quantitative estimate of drug-likeness (QED) is 0.624. The molecule has 0 atom stereocenters. The molecule has 0 aromatic heterocycles. The van der Waals surface area contributed by atoms with Crippen LogP contribution in [0.4, 0.5) is 0 Å². The highest BCUT2D eigenvalue weighted by molar-refractivity contribution is 5.91. The molecule has 0 spiro atoms. The van der Waals surface area contributed by atoms with E-state index in [1.165, 1.54) is 25.7 Å². The third kappa shape index (κ3) is 7.87. The van der Waals surface area contributed by atoms with E-state index in [1.54, 1.807) is 0 Å². The fourth-order valence-corrected chi connectivity index (χ4v) is 1.84. The first-order valence-electron chi connectivity index (χ1n) is 6.80. The van der Waals surface area contributed by atoms with Gasteiger partial charge in [0, 0.05) is 12.2 Å². The molecule has 1 heterocycles. The molecule has 0 aromatic rings. The molecule has 0 fully saturated rings. The molecular weight excluding hydrogens is 232 g/mol. The van der Waals surface area contributed by atoms with Crippen LogP contribution in [0.25, 0.3) is 0 Å². The van der Waals surface area contributed by atoms with Gasteiger partial charge in [0.2, 0.25) is 0 Å². The van der Waals surface area contributed by atoms with Gasteiger partial charge >= 0.3 is 11.9 Å². The summed E-state index contributed by atoms with van der Waals surface area (Å²) in [6.07, 6.45) is 11.1. The number of carbonyl (C=O) groups excluding carboxylic acids is 2. The van der Waals surface area contributed by atoms with Crippen molar-refractivity contribution in [2.45, 2.75) is 51.4 Å². The molecular formula is C14H22O4. The lowest BCUT2D eigenvalue weighted by molar-refractivity contribution is -0.140. The SMILES string of the molecule is O=C1/C=C/C(=O)OCCCCCCCCCCO1. The number of hydrogen-bond donors (Lipinski definition) is 0. The van der Waals surface area contributed by atoms with E-state index in [0.29, 0.717) is 13.2 Å². The van der Waals surface area contributed by atoms with Crippen LogP contribution in [-0.4, -0.2) is 25.2 Å². The number of cyclic esters (lactones) is 2. The van der Waals surface area contributed by atoms with Gasteiger partial charge in [0.15, 0.2) is 0 Å². The fourth-order valence-electron chi connectivity index (χ4n) is 1.84. The van der Waals surface area contributed by atoms with Crippen molar-refractivity contribution in [3.63, 3.8) is 0 Å². The lowest BCUT2D eigenvalue weighted by Crippen LogP contribution is -2.06. The second kappa shape index (κ2) is 9.68. The van der Waals surface area contributed by atoms with E-state index < -0.39 is 11.9 Å². The molecule has 18 heavy (non-hydrogen) atoms. The highest BCUT2D eigenvalue weighted by atomic mass is 16.5. The third-order valence-electron chi connectivity index (χ3n) is 2.88. The predicted octanol–water partition coefficient (Wildman–Crippen LogP) is 2.76. The summed E-state index contributed by atoms with van der Waals surface area (Å²) >= 11 is 0. The van der Waals surface area contributed by atoms with Crippen LogP contribution >= 0.6 is 0 Å². The Morgan fingerprint density at radius 3 is 1.33 bits per heavy atom. The van der Waals surface area contributed by atoms with Crippen LogP contribution in [0.5, 0.6) is 0 Å². The summed E-state index contributed by atoms with van der Waals surface area (Å²) in [7, 11) is 0. The Balaban J connectivity index is 2.32. The molecule has 0 unspecified atom stereocenters. The average Bonchev–Trinajstić information content (AvgIpc) is 2.36. The molecule has 4 nitrogen and oxygen atoms in total. The molecule has 4 heteroatoms. The van der Waals surface area contributed by atoms with Gasteiger partial charge in [0.05, 0.1) is 13.2 Å². The van der Waals surface area contributed by atoms with Crippen LogP contribution in [0, 0.1) is 0 Å². The van der Waals surface area contributed by atoms with E-state index in [-0.39, 0.29) is 0 Å². The highest BCUT2D eigenvalue weighted by Crippen LogP contribution is 2.09. The number of carbonyl (C=O) groups is 2. The van der Waals surface area contributed by atoms with Crippen molar-refractivity contribution < 1.29 is 19.1 Å². The smallest absolute Gasteiger partial charge is 0.331 e. The Morgan fingerprint density at radius 2 is 0.944 bits per heavy atom. The summed E-state index contributed by atoms with van der Waals surface area (Å²) in [6.45, 7) is 0.858. The van der Waals surface area contributed by atoms with Crippen molar-refractivity contribution >= 4 is 11.9 Å². The molecule has 0 radical (unpaired) electrons. The molecule has 0 N–H and O–H groups in total. The lowest BCUT2D eigenvalue weighted by Gasteiger charge is -2.05. The van der Waals surface area contributed by atoms with Gasteiger partial charge in [-0.2, -0.15) is 0 Å². The van der Waals surface area contributed by atoms with Crippen molar-refractivity contribution in [1.82, 2.24) is 0 Å². The minimum atomic E-state index is -0.473. The number of hydrogen-bond acceptors (Lipinski definition) is 4. The van der Waals surface area contributed by atoms with E-state index in [2.05, 4.69) is 0 Å². The van der Waals surface area contributed by atoms with E-state index in [4.69, 9.17) is 9.47 Å². The molecule has 0 aromatic carbocycles. The normalized spacial score (nSPS) is 22.9. The van der Waals surface area contributed by atoms with Gasteiger partial charge in [-0.15, -0.1) is 0 Å². The first-order chi connectivity index (χ1) is 8.79. The van der Waals surface area contributed by atoms with Crippen molar-refractivity contribution in [3.8, 4) is 0 Å². The highest BCUT2D eigenvalue weighted by Gasteiger charge is 2.02. The van der Waals surface area contributed by atoms with Gasteiger partial charge in [-0.25, -0.2) is 9.59 Å². The molecule has 0 bridgehead atoms. The van der Waals surface area contributed by atoms with Crippen LogP contribution in [0.3, 0.4) is 0 Å². The average molecular weight is 254 g/mol. The summed E-state index contributed by atoms with van der Waals surface area (Å²) in [5.41, 5.74) is 0. The fraction of sp³-hybridized carbons (Fsp3) is 0.714. The summed E-state index contributed by atoms with van der Waals surface area (Å²) in [4.78, 5) is 22.4. The minimum absolute atomic E-state index is 0.429. The van der Waals surface area contributed by atoms with Gasteiger partial charge in [-0.3, -0.25) is 0 Å². The molecule has 102 valence electrons. The van der Waals surface area contributed by atoms with Gasteiger partial charge in [-0.1, -0.05) is 38.5 Å². The monoisotopic (exact) mass is 254 g/mol. The van der Waals surface area contributed by atoms with Crippen molar-refractivity contribution in [1.29, 1.82) is 0 Å². The van der Waals surface area contributed by atoms with E-state index in [0.717, 1.165) is 37.8 Å². The Labute approximate surface area is 108 Å². The van der Waals surface area contributed by atoms with Crippen LogP contribution in [-0.2, 0) is 19.1 Å². The number of esters is 2. The Bertz CT molecular complexity index is 256. The zero-order chi connectivity index (χ0) is 13.1. The van der Waals surface area contributed by atoms with Gasteiger partial charge < -0.3 is 9.47 Å². The minimum Gasteiger partial charge on any atom is -0.463 e. The maximum atomic E-state index is 11.2. The van der Waals surface area contributed by atoms with Crippen molar-refractivity contribution in [2.75, 3.05) is 13.2 Å². The first kappa shape index (κ1) is 14.7. The number of ether oxygens (including phenoxy) is 2. The predicted molar refractivity (Wildman–Crippen MR) is 68.0 cm³/mol. The third-order valence-corrected chi connectivity index (χ3v) is 2.88. The van der Waals surface area contributed by atoms with Crippen LogP contribution in [0.2, 0.25) is 0 Å². The maximum Gasteiger partial charge on any atom is 0.331 e. The standard InChI is InChI=1S/C14H22O4/c15-13-9-10-14(16)18-12-8-6-4-2-1-3-5-7-11-17-13/h9-10H,1-8,11-12H2/b10-9+. The molecule has 0 saturated heterocycles. The molecule has 0 saturated carbocycles. The summed E-state index contributed by atoms with van der Waals surface area (Å²) in [5.74, 6) is -0.946. The zero-order valence-electron chi connectivity index (χ0n) is 10.9. The van der Waals surface area contributed by atoms with Crippen LogP contribution < -0.4 is 0 Å². The Kier molecular flexibility index (Phi) is 7.93. The van der Waals surface area contributed by atoms with Gasteiger partial charge in [0.1, 0.15) is 0 Å². The number of rotatable bonds is 0. The Morgan fingerprint density at radius 1 is 0.611 bits per heavy atom. The lowest BCUT2D eigenvalue weighted by atomic mass is 10.1. The topological polar surface area (TPSA) is 52.6 Å². The van der Waals surface area contributed by atoms with Crippen molar-refractivity contribution in [2.24, 2.45) is 0 Å². The van der Waals surface area contributed by atoms with E-state index in [1.807, 2.05) is 0 Å². The second-order valence-corrected chi connectivity index (χ2v) is 4.50. The summed E-state index contributed by atoms with van der Waals surface area (Å²) in [6, 6.07) is 0. The molecule has 1 aliphatic rings. The zero-order valence-corrected chi connectivity index (χ0v) is 10.9. The van der Waals surface area contributed by atoms with Crippen molar-refractivity contribution in [3.05, 3.63) is 12.2 Å². The van der Waals surface area contributed by atoms with Gasteiger partial charge in [-0.05, 0) is 12.8 Å². The summed E-state index contributed by atoms with van der Waals surface area (Å²) < 4.78 is 9.92. The molecule has 0 amide bonds. The van der Waals surface area contributed by atoms with E-state index in [9.17, 15) is 9.59 Å². The van der Waals surface area contributed by atoms with Crippen LogP contribution in [0.15, 0.2) is 12.2 Å². The molecule has 0 aliphatic carbocycles.